The zero-order valence-electron chi connectivity index (χ0n) is 8.67. The van der Waals surface area contributed by atoms with Crippen molar-refractivity contribution in [3.63, 3.8) is 0 Å². The molecule has 2 nitrogen and oxygen atoms in total. The Labute approximate surface area is 91.7 Å². The molecule has 5 heteroatoms. The van der Waals surface area contributed by atoms with E-state index in [1.54, 1.807) is 6.92 Å². The molecule has 0 bridgehead atoms. The van der Waals surface area contributed by atoms with Gasteiger partial charge in [-0.2, -0.15) is 18.4 Å². The summed E-state index contributed by atoms with van der Waals surface area (Å²) in [5, 5.41) is 11.2. The minimum Gasteiger partial charge on any atom is -0.298 e. The van der Waals surface area contributed by atoms with Crippen LogP contribution in [0.4, 0.5) is 13.2 Å². The van der Waals surface area contributed by atoms with Gasteiger partial charge in [-0.25, -0.2) is 0 Å². The Morgan fingerprint density at radius 2 is 1.88 bits per heavy atom. The van der Waals surface area contributed by atoms with Gasteiger partial charge in [0.25, 0.3) is 0 Å². The quantitative estimate of drug-likeness (QED) is 0.807. The number of benzene rings is 1. The Bertz CT molecular complexity index is 376. The zero-order valence-corrected chi connectivity index (χ0v) is 8.67. The van der Waals surface area contributed by atoms with Crippen molar-refractivity contribution >= 4 is 0 Å². The van der Waals surface area contributed by atoms with Crippen molar-refractivity contribution in [3.8, 4) is 6.07 Å². The average molecular weight is 228 g/mol. The summed E-state index contributed by atoms with van der Waals surface area (Å²) in [6.45, 7) is 1.96. The Morgan fingerprint density at radius 1 is 1.31 bits per heavy atom. The van der Waals surface area contributed by atoms with Crippen molar-refractivity contribution in [2.45, 2.75) is 19.1 Å². The van der Waals surface area contributed by atoms with E-state index in [0.29, 0.717) is 0 Å². The van der Waals surface area contributed by atoms with E-state index in [1.165, 1.54) is 12.1 Å². The van der Waals surface area contributed by atoms with Crippen LogP contribution in [0.2, 0.25) is 0 Å². The first-order valence-corrected chi connectivity index (χ1v) is 4.72. The van der Waals surface area contributed by atoms with Gasteiger partial charge in [-0.05, 0) is 24.6 Å². The van der Waals surface area contributed by atoms with Crippen LogP contribution in [-0.4, -0.2) is 6.54 Å². The van der Waals surface area contributed by atoms with Gasteiger partial charge in [-0.3, -0.25) is 5.32 Å². The molecule has 16 heavy (non-hydrogen) atoms. The van der Waals surface area contributed by atoms with Crippen LogP contribution < -0.4 is 5.32 Å². The second-order valence-corrected chi connectivity index (χ2v) is 3.38. The summed E-state index contributed by atoms with van der Waals surface area (Å²) < 4.78 is 36.8. The van der Waals surface area contributed by atoms with Crippen LogP contribution in [-0.2, 0) is 6.18 Å². The van der Waals surface area contributed by atoms with Gasteiger partial charge in [0.15, 0.2) is 0 Å². The highest BCUT2D eigenvalue weighted by Gasteiger charge is 2.30. The van der Waals surface area contributed by atoms with Gasteiger partial charge in [0.05, 0.1) is 18.2 Å². The van der Waals surface area contributed by atoms with Crippen LogP contribution in [0.25, 0.3) is 0 Å². The fourth-order valence-electron chi connectivity index (χ4n) is 1.28. The Balaban J connectivity index is 2.76. The number of nitrogens with one attached hydrogen (secondary N) is 1. The third-order valence-corrected chi connectivity index (χ3v) is 2.23. The van der Waals surface area contributed by atoms with Crippen molar-refractivity contribution in [3.05, 3.63) is 35.4 Å². The molecule has 1 aromatic carbocycles. The van der Waals surface area contributed by atoms with Gasteiger partial charge in [-0.1, -0.05) is 12.1 Å². The van der Waals surface area contributed by atoms with E-state index in [2.05, 4.69) is 5.32 Å². The van der Waals surface area contributed by atoms with Crippen LogP contribution >= 0.6 is 0 Å². The minimum absolute atomic E-state index is 0.137. The summed E-state index contributed by atoms with van der Waals surface area (Å²) in [5.74, 6) is 0. The highest BCUT2D eigenvalue weighted by atomic mass is 19.4. The molecular formula is C11H11F3N2. The molecule has 0 radical (unpaired) electrons. The van der Waals surface area contributed by atoms with Crippen molar-refractivity contribution in [1.29, 1.82) is 5.26 Å². The van der Waals surface area contributed by atoms with Crippen molar-refractivity contribution in [2.75, 3.05) is 6.54 Å². The number of halogens is 3. The maximum absolute atomic E-state index is 12.3. The fraction of sp³-hybridized carbons (Fsp3) is 0.364. The summed E-state index contributed by atoms with van der Waals surface area (Å²) in [6.07, 6.45) is -4.30. The molecule has 0 aliphatic heterocycles. The number of nitrogens with zero attached hydrogens (tertiary/aromatic N) is 1. The topological polar surface area (TPSA) is 35.8 Å². The monoisotopic (exact) mass is 228 g/mol. The van der Waals surface area contributed by atoms with Crippen LogP contribution in [0.5, 0.6) is 0 Å². The maximum Gasteiger partial charge on any atom is 0.416 e. The summed E-state index contributed by atoms with van der Waals surface area (Å²) in [7, 11) is 0. The predicted octanol–water partition coefficient (Wildman–Crippen LogP) is 2.88. The molecule has 1 aromatic rings. The molecule has 0 saturated heterocycles. The van der Waals surface area contributed by atoms with Crippen molar-refractivity contribution in [2.24, 2.45) is 0 Å². The molecule has 0 saturated carbocycles. The molecule has 86 valence electrons. The van der Waals surface area contributed by atoms with Crippen LogP contribution in [0, 0.1) is 11.3 Å². The Kier molecular flexibility index (Phi) is 3.91. The van der Waals surface area contributed by atoms with E-state index in [9.17, 15) is 13.2 Å². The molecule has 0 aliphatic rings. The fourth-order valence-corrected chi connectivity index (χ4v) is 1.28. The van der Waals surface area contributed by atoms with E-state index in [0.717, 1.165) is 17.7 Å². The Morgan fingerprint density at radius 3 is 2.31 bits per heavy atom. The van der Waals surface area contributed by atoms with E-state index in [1.807, 2.05) is 6.07 Å². The highest BCUT2D eigenvalue weighted by molar-refractivity contribution is 5.26. The number of nitriles is 1. The lowest BCUT2D eigenvalue weighted by Gasteiger charge is -2.13. The lowest BCUT2D eigenvalue weighted by Crippen LogP contribution is -2.18. The van der Waals surface area contributed by atoms with Gasteiger partial charge < -0.3 is 0 Å². The third-order valence-electron chi connectivity index (χ3n) is 2.23. The average Bonchev–Trinajstić information content (AvgIpc) is 2.25. The molecule has 0 amide bonds. The second-order valence-electron chi connectivity index (χ2n) is 3.38. The predicted molar refractivity (Wildman–Crippen MR) is 53.5 cm³/mol. The second kappa shape index (κ2) is 4.99. The molecule has 0 heterocycles. The van der Waals surface area contributed by atoms with Crippen LogP contribution in [0.1, 0.15) is 24.1 Å². The van der Waals surface area contributed by atoms with Crippen LogP contribution in [0.3, 0.4) is 0 Å². The lowest BCUT2D eigenvalue weighted by molar-refractivity contribution is -0.137. The first-order chi connectivity index (χ1) is 7.45. The standard InChI is InChI=1S/C11H11F3N2/c1-8(16-7-6-15)9-2-4-10(5-3-9)11(12,13)14/h2-5,8,16H,7H2,1H3. The SMILES string of the molecule is CC(NCC#N)c1ccc(C(F)(F)F)cc1. The number of alkyl halides is 3. The lowest BCUT2D eigenvalue weighted by atomic mass is 10.1. The van der Waals surface area contributed by atoms with E-state index in [4.69, 9.17) is 5.26 Å². The summed E-state index contributed by atoms with van der Waals surface area (Å²) in [4.78, 5) is 0. The molecular weight excluding hydrogens is 217 g/mol. The molecule has 0 fully saturated rings. The van der Waals surface area contributed by atoms with Gasteiger partial charge >= 0.3 is 6.18 Å². The van der Waals surface area contributed by atoms with Crippen LogP contribution in [0.15, 0.2) is 24.3 Å². The van der Waals surface area contributed by atoms with Crippen molar-refractivity contribution in [1.82, 2.24) is 5.32 Å². The molecule has 0 aliphatic carbocycles. The Hall–Kier alpha value is -1.54. The van der Waals surface area contributed by atoms with E-state index in [-0.39, 0.29) is 12.6 Å². The summed E-state index contributed by atoms with van der Waals surface area (Å²) in [6, 6.07) is 6.69. The van der Waals surface area contributed by atoms with Crippen molar-refractivity contribution < 1.29 is 13.2 Å². The minimum atomic E-state index is -4.30. The summed E-state index contributed by atoms with van der Waals surface area (Å²) in [5.41, 5.74) is 0.0620. The maximum atomic E-state index is 12.3. The van der Waals surface area contributed by atoms with Gasteiger partial charge in [0.2, 0.25) is 0 Å². The number of hydrogen-bond donors (Lipinski definition) is 1. The summed E-state index contributed by atoms with van der Waals surface area (Å²) >= 11 is 0. The molecule has 1 unspecified atom stereocenters. The largest absolute Gasteiger partial charge is 0.416 e. The third kappa shape index (κ3) is 3.24. The molecule has 0 spiro atoms. The number of hydrogen-bond acceptors (Lipinski definition) is 2. The first-order valence-electron chi connectivity index (χ1n) is 4.72. The highest BCUT2D eigenvalue weighted by Crippen LogP contribution is 2.29. The van der Waals surface area contributed by atoms with Gasteiger partial charge in [-0.15, -0.1) is 0 Å². The molecule has 1 N–H and O–H groups in total. The van der Waals surface area contributed by atoms with E-state index < -0.39 is 11.7 Å². The zero-order chi connectivity index (χ0) is 12.2. The smallest absolute Gasteiger partial charge is 0.298 e. The number of rotatable bonds is 3. The van der Waals surface area contributed by atoms with Gasteiger partial charge in [0.1, 0.15) is 0 Å². The van der Waals surface area contributed by atoms with Gasteiger partial charge in [0, 0.05) is 6.04 Å². The first kappa shape index (κ1) is 12.5. The molecule has 1 atom stereocenters. The normalized spacial score (nSPS) is 13.2. The van der Waals surface area contributed by atoms with E-state index >= 15 is 0 Å². The molecule has 0 aromatic heterocycles. The molecule has 1 rings (SSSR count).